The van der Waals surface area contributed by atoms with E-state index < -0.39 is 5.97 Å². The normalized spacial score (nSPS) is 22.0. The summed E-state index contributed by atoms with van der Waals surface area (Å²) in [7, 11) is 1.61. The summed E-state index contributed by atoms with van der Waals surface area (Å²) in [6, 6.07) is 5.85. The van der Waals surface area contributed by atoms with E-state index in [0.717, 1.165) is 36.1 Å². The maximum Gasteiger partial charge on any atom is 0.307 e. The molecule has 5 heteroatoms. The molecule has 0 bridgehead atoms. The number of nitrogens with zero attached hydrogens (tertiary/aromatic N) is 1. The number of hydrogen-bond acceptors (Lipinski definition) is 3. The zero-order valence-electron chi connectivity index (χ0n) is 13.7. The van der Waals surface area contributed by atoms with Gasteiger partial charge in [0.05, 0.1) is 19.4 Å². The number of amides is 1. The van der Waals surface area contributed by atoms with Crippen LogP contribution in [0.4, 0.5) is 0 Å². The Hall–Kier alpha value is -2.04. The first kappa shape index (κ1) is 15.8. The molecule has 1 unspecified atom stereocenters. The van der Waals surface area contributed by atoms with Gasteiger partial charge >= 0.3 is 5.97 Å². The van der Waals surface area contributed by atoms with Gasteiger partial charge in [-0.1, -0.05) is 17.7 Å². The zero-order chi connectivity index (χ0) is 16.6. The number of aliphatic carboxylic acids is 1. The molecule has 1 atom stereocenters. The molecule has 1 amide bonds. The van der Waals surface area contributed by atoms with Gasteiger partial charge < -0.3 is 14.7 Å². The fraction of sp³-hybridized carbons (Fsp3) is 0.556. The maximum absolute atomic E-state index is 12.5. The van der Waals surface area contributed by atoms with E-state index >= 15 is 0 Å². The van der Waals surface area contributed by atoms with Crippen molar-refractivity contribution in [1.29, 1.82) is 0 Å². The van der Waals surface area contributed by atoms with Crippen LogP contribution in [0.1, 0.15) is 30.4 Å². The zero-order valence-corrected chi connectivity index (χ0v) is 13.7. The van der Waals surface area contributed by atoms with Crippen molar-refractivity contribution in [2.24, 2.45) is 11.3 Å². The molecule has 3 rings (SSSR count). The fourth-order valence-electron chi connectivity index (χ4n) is 3.77. The number of benzene rings is 1. The minimum absolute atomic E-state index is 0.0381. The van der Waals surface area contributed by atoms with Crippen molar-refractivity contribution in [3.8, 4) is 5.75 Å². The summed E-state index contributed by atoms with van der Waals surface area (Å²) >= 11 is 0. The number of carboxylic acids is 1. The molecular formula is C18H23NO4. The summed E-state index contributed by atoms with van der Waals surface area (Å²) in [5.41, 5.74) is 1.98. The molecule has 2 fully saturated rings. The highest BCUT2D eigenvalue weighted by atomic mass is 16.5. The lowest BCUT2D eigenvalue weighted by molar-refractivity contribution is -0.139. The predicted octanol–water partition coefficient (Wildman–Crippen LogP) is 2.26. The van der Waals surface area contributed by atoms with E-state index in [0.29, 0.717) is 19.5 Å². The number of carbonyl (C=O) groups excluding carboxylic acids is 1. The van der Waals surface area contributed by atoms with Crippen LogP contribution in [0.5, 0.6) is 5.75 Å². The number of aryl methyl sites for hydroxylation is 1. The van der Waals surface area contributed by atoms with Crippen LogP contribution in [0.25, 0.3) is 0 Å². The van der Waals surface area contributed by atoms with E-state index in [1.165, 1.54) is 0 Å². The smallest absolute Gasteiger partial charge is 0.307 e. The molecule has 1 aromatic rings. The van der Waals surface area contributed by atoms with Crippen LogP contribution in [0.2, 0.25) is 0 Å². The number of ether oxygens (including phenoxy) is 1. The highest BCUT2D eigenvalue weighted by Crippen LogP contribution is 2.59. The van der Waals surface area contributed by atoms with E-state index in [1.807, 2.05) is 30.0 Å². The molecule has 1 aliphatic carbocycles. The van der Waals surface area contributed by atoms with Crippen LogP contribution >= 0.6 is 0 Å². The molecule has 0 radical (unpaired) electrons. The molecule has 1 N–H and O–H groups in total. The summed E-state index contributed by atoms with van der Waals surface area (Å²) < 4.78 is 5.34. The Kier molecular flexibility index (Phi) is 4.04. The van der Waals surface area contributed by atoms with Crippen molar-refractivity contribution < 1.29 is 19.4 Å². The number of hydrogen-bond donors (Lipinski definition) is 1. The maximum atomic E-state index is 12.5. The quantitative estimate of drug-likeness (QED) is 0.925. The second-order valence-corrected chi connectivity index (χ2v) is 6.83. The van der Waals surface area contributed by atoms with Crippen molar-refractivity contribution >= 4 is 11.9 Å². The van der Waals surface area contributed by atoms with Gasteiger partial charge in [-0.3, -0.25) is 9.59 Å². The minimum Gasteiger partial charge on any atom is -0.496 e. The number of methoxy groups -OCH3 is 1. The molecule has 1 saturated heterocycles. The van der Waals surface area contributed by atoms with Crippen LogP contribution in [0.3, 0.4) is 0 Å². The van der Waals surface area contributed by atoms with Gasteiger partial charge in [0.15, 0.2) is 0 Å². The van der Waals surface area contributed by atoms with Crippen molar-refractivity contribution in [2.45, 2.75) is 32.6 Å². The highest BCUT2D eigenvalue weighted by molar-refractivity contribution is 5.80. The van der Waals surface area contributed by atoms with Crippen molar-refractivity contribution in [3.05, 3.63) is 29.3 Å². The van der Waals surface area contributed by atoms with Gasteiger partial charge in [0.25, 0.3) is 0 Å². The largest absolute Gasteiger partial charge is 0.496 e. The molecule has 23 heavy (non-hydrogen) atoms. The lowest BCUT2D eigenvalue weighted by Crippen LogP contribution is -2.40. The summed E-state index contributed by atoms with van der Waals surface area (Å²) in [5.74, 6) is -0.0484. The predicted molar refractivity (Wildman–Crippen MR) is 85.4 cm³/mol. The third kappa shape index (κ3) is 3.05. The van der Waals surface area contributed by atoms with E-state index in [-0.39, 0.29) is 17.2 Å². The van der Waals surface area contributed by atoms with Gasteiger partial charge in [0.2, 0.25) is 5.91 Å². The first-order valence-corrected chi connectivity index (χ1v) is 8.09. The molecule has 1 aliphatic heterocycles. The van der Waals surface area contributed by atoms with Gasteiger partial charge in [-0.25, -0.2) is 0 Å². The molecular weight excluding hydrogens is 294 g/mol. The van der Waals surface area contributed by atoms with Crippen LogP contribution in [0, 0.1) is 18.3 Å². The summed E-state index contributed by atoms with van der Waals surface area (Å²) in [5, 5.41) is 9.13. The number of likely N-dealkylation sites (tertiary alicyclic amines) is 1. The summed E-state index contributed by atoms with van der Waals surface area (Å²) in [6.07, 6.45) is 2.72. The first-order chi connectivity index (χ1) is 10.9. The average molecular weight is 317 g/mol. The van der Waals surface area contributed by atoms with Crippen LogP contribution in [0.15, 0.2) is 18.2 Å². The Bertz CT molecular complexity index is 632. The number of carbonyl (C=O) groups is 2. The molecule has 2 aliphatic rings. The Balaban J connectivity index is 1.60. The Morgan fingerprint density at radius 2 is 2.04 bits per heavy atom. The van der Waals surface area contributed by atoms with Gasteiger partial charge in [0, 0.05) is 18.7 Å². The molecule has 1 saturated carbocycles. The van der Waals surface area contributed by atoms with Gasteiger partial charge in [-0.05, 0) is 37.7 Å². The van der Waals surface area contributed by atoms with Gasteiger partial charge in [0.1, 0.15) is 5.75 Å². The van der Waals surface area contributed by atoms with Crippen molar-refractivity contribution in [1.82, 2.24) is 4.90 Å². The summed E-state index contributed by atoms with van der Waals surface area (Å²) in [4.78, 5) is 25.5. The molecule has 1 heterocycles. The van der Waals surface area contributed by atoms with E-state index in [1.54, 1.807) is 7.11 Å². The topological polar surface area (TPSA) is 66.8 Å². The third-order valence-corrected chi connectivity index (χ3v) is 5.38. The van der Waals surface area contributed by atoms with Gasteiger partial charge in [-0.15, -0.1) is 0 Å². The lowest BCUT2D eigenvalue weighted by atomic mass is 9.90. The first-order valence-electron chi connectivity index (χ1n) is 8.09. The monoisotopic (exact) mass is 317 g/mol. The van der Waals surface area contributed by atoms with Gasteiger partial charge in [-0.2, -0.15) is 0 Å². The lowest BCUT2D eigenvalue weighted by Gasteiger charge is -2.32. The molecule has 5 nitrogen and oxygen atoms in total. The molecule has 124 valence electrons. The molecule has 1 aromatic carbocycles. The summed E-state index contributed by atoms with van der Waals surface area (Å²) in [6.45, 7) is 3.32. The van der Waals surface area contributed by atoms with E-state index in [2.05, 4.69) is 0 Å². The SMILES string of the molecule is COc1ccc(C)cc1CC(=O)N1CCC2(CC1)CC2C(=O)O. The fourth-order valence-corrected chi connectivity index (χ4v) is 3.77. The van der Waals surface area contributed by atoms with Crippen molar-refractivity contribution in [3.63, 3.8) is 0 Å². The number of piperidine rings is 1. The Labute approximate surface area is 136 Å². The average Bonchev–Trinajstić information content (AvgIpc) is 3.22. The van der Waals surface area contributed by atoms with E-state index in [9.17, 15) is 9.59 Å². The second-order valence-electron chi connectivity index (χ2n) is 6.83. The highest BCUT2D eigenvalue weighted by Gasteiger charge is 2.59. The van der Waals surface area contributed by atoms with Crippen LogP contribution < -0.4 is 4.74 Å². The number of carboxylic acid groups (broad SMARTS) is 1. The van der Waals surface area contributed by atoms with Crippen molar-refractivity contribution in [2.75, 3.05) is 20.2 Å². The third-order valence-electron chi connectivity index (χ3n) is 5.38. The molecule has 0 aromatic heterocycles. The Morgan fingerprint density at radius 3 is 2.61 bits per heavy atom. The van der Waals surface area contributed by atoms with Crippen LogP contribution in [-0.2, 0) is 16.0 Å². The standard InChI is InChI=1S/C18H23NO4/c1-12-3-4-15(23-2)13(9-12)10-16(20)19-7-5-18(6-8-19)11-14(18)17(21)22/h3-4,9,14H,5-8,10-11H2,1-2H3,(H,21,22). The van der Waals surface area contributed by atoms with Crippen LogP contribution in [-0.4, -0.2) is 42.1 Å². The second kappa shape index (κ2) is 5.87. The van der Waals surface area contributed by atoms with E-state index in [4.69, 9.17) is 9.84 Å². The number of rotatable bonds is 4. The minimum atomic E-state index is -0.686. The molecule has 1 spiro atoms. The Morgan fingerprint density at radius 1 is 1.35 bits per heavy atom.